The molecule has 0 aromatic heterocycles. The molecule has 0 saturated carbocycles. The van der Waals surface area contributed by atoms with Gasteiger partial charge in [0, 0.05) is 36.0 Å². The van der Waals surface area contributed by atoms with Crippen LogP contribution in [0.4, 0.5) is 11.4 Å². The molecule has 29 heavy (non-hydrogen) atoms. The third-order valence-electron chi connectivity index (χ3n) is 4.90. The average Bonchev–Trinajstić information content (AvgIpc) is 2.74. The summed E-state index contributed by atoms with van der Waals surface area (Å²) in [6.45, 7) is 5.50. The maximum Gasteiger partial charge on any atom is 0.243 e. The van der Waals surface area contributed by atoms with E-state index >= 15 is 0 Å². The van der Waals surface area contributed by atoms with Crippen LogP contribution < -0.4 is 10.2 Å². The third kappa shape index (κ3) is 5.95. The van der Waals surface area contributed by atoms with Gasteiger partial charge < -0.3 is 19.9 Å². The van der Waals surface area contributed by atoms with Crippen LogP contribution in [0.15, 0.2) is 48.5 Å². The fraction of sp³-hybridized carbons (Fsp3) is 0.364. The molecule has 1 heterocycles. The number of halogens is 1. The highest BCUT2D eigenvalue weighted by Crippen LogP contribution is 2.19. The van der Waals surface area contributed by atoms with E-state index in [2.05, 4.69) is 10.2 Å². The first kappa shape index (κ1) is 21.1. The number of hydrogen-bond donors (Lipinski definition) is 1. The fourth-order valence-electron chi connectivity index (χ4n) is 3.24. The van der Waals surface area contributed by atoms with Crippen molar-refractivity contribution in [2.45, 2.75) is 13.3 Å². The smallest absolute Gasteiger partial charge is 0.243 e. The highest BCUT2D eigenvalue weighted by Gasteiger charge is 2.17. The normalized spacial score (nSPS) is 13.8. The molecule has 0 unspecified atom stereocenters. The van der Waals surface area contributed by atoms with Gasteiger partial charge in [-0.05, 0) is 42.8 Å². The summed E-state index contributed by atoms with van der Waals surface area (Å²) in [6.07, 6.45) is 0.176. The molecule has 0 aliphatic carbocycles. The number of nitrogens with zero attached hydrogens (tertiary/aromatic N) is 2. The van der Waals surface area contributed by atoms with Crippen LogP contribution in [-0.4, -0.2) is 56.1 Å². The summed E-state index contributed by atoms with van der Waals surface area (Å²) in [6, 6.07) is 15.0. The van der Waals surface area contributed by atoms with Crippen LogP contribution in [0.1, 0.15) is 12.5 Å². The quantitative estimate of drug-likeness (QED) is 0.754. The largest absolute Gasteiger partial charge is 0.378 e. The number of amides is 2. The number of morpholine rings is 1. The zero-order valence-corrected chi connectivity index (χ0v) is 17.3. The number of anilines is 2. The maximum absolute atomic E-state index is 12.6. The van der Waals surface area contributed by atoms with E-state index in [9.17, 15) is 9.59 Å². The van der Waals surface area contributed by atoms with Crippen molar-refractivity contribution in [2.24, 2.45) is 0 Å². The summed E-state index contributed by atoms with van der Waals surface area (Å²) in [5.41, 5.74) is 2.58. The minimum atomic E-state index is -0.224. The van der Waals surface area contributed by atoms with Gasteiger partial charge in [0.25, 0.3) is 0 Å². The topological polar surface area (TPSA) is 61.9 Å². The number of nitrogens with one attached hydrogen (secondary N) is 1. The summed E-state index contributed by atoms with van der Waals surface area (Å²) in [4.78, 5) is 28.8. The lowest BCUT2D eigenvalue weighted by Crippen LogP contribution is -2.38. The molecule has 1 aliphatic rings. The molecule has 2 aromatic carbocycles. The first-order chi connectivity index (χ1) is 14.1. The monoisotopic (exact) mass is 415 g/mol. The van der Waals surface area contributed by atoms with Crippen LogP contribution in [0.25, 0.3) is 0 Å². The molecule has 1 aliphatic heterocycles. The second-order valence-corrected chi connectivity index (χ2v) is 7.28. The molecule has 154 valence electrons. The Morgan fingerprint density at radius 2 is 1.79 bits per heavy atom. The lowest BCUT2D eigenvalue weighted by molar-refractivity contribution is -0.133. The van der Waals surface area contributed by atoms with Gasteiger partial charge in [0.2, 0.25) is 11.8 Å². The molecule has 2 aromatic rings. The lowest BCUT2D eigenvalue weighted by Gasteiger charge is -2.29. The van der Waals surface area contributed by atoms with Gasteiger partial charge >= 0.3 is 0 Å². The van der Waals surface area contributed by atoms with Gasteiger partial charge in [-0.1, -0.05) is 29.8 Å². The van der Waals surface area contributed by atoms with Crippen molar-refractivity contribution < 1.29 is 14.3 Å². The van der Waals surface area contributed by atoms with Crippen molar-refractivity contribution in [1.29, 1.82) is 0 Å². The van der Waals surface area contributed by atoms with E-state index in [1.165, 1.54) is 4.90 Å². The highest BCUT2D eigenvalue weighted by atomic mass is 35.5. The van der Waals surface area contributed by atoms with Crippen molar-refractivity contribution in [2.75, 3.05) is 49.6 Å². The van der Waals surface area contributed by atoms with E-state index in [1.807, 2.05) is 49.4 Å². The fourth-order valence-corrected chi connectivity index (χ4v) is 3.45. The molecule has 1 saturated heterocycles. The van der Waals surface area contributed by atoms with E-state index in [0.29, 0.717) is 17.3 Å². The molecule has 3 rings (SSSR count). The summed E-state index contributed by atoms with van der Waals surface area (Å²) >= 11 is 6.14. The number of carbonyl (C=O) groups excluding carboxylic acids is 2. The first-order valence-corrected chi connectivity index (χ1v) is 10.2. The second kappa shape index (κ2) is 10.3. The van der Waals surface area contributed by atoms with Crippen LogP contribution in [-0.2, 0) is 20.7 Å². The van der Waals surface area contributed by atoms with Gasteiger partial charge in [0.1, 0.15) is 0 Å². The summed E-state index contributed by atoms with van der Waals surface area (Å²) in [5.74, 6) is -0.350. The van der Waals surface area contributed by atoms with Crippen molar-refractivity contribution in [3.05, 3.63) is 59.1 Å². The Balaban J connectivity index is 1.54. The molecule has 0 radical (unpaired) electrons. The molecule has 7 heteroatoms. The SMILES string of the molecule is CCN(CC(=O)Nc1ccc(N2CCOCC2)cc1)C(=O)Cc1ccccc1Cl. The Morgan fingerprint density at radius 3 is 2.45 bits per heavy atom. The molecule has 1 N–H and O–H groups in total. The maximum atomic E-state index is 12.6. The Bertz CT molecular complexity index is 835. The summed E-state index contributed by atoms with van der Waals surface area (Å²) in [5, 5.41) is 3.42. The van der Waals surface area contributed by atoms with Gasteiger partial charge in [0.15, 0.2) is 0 Å². The number of ether oxygens (including phenoxy) is 1. The number of rotatable bonds is 7. The molecule has 0 atom stereocenters. The minimum absolute atomic E-state index is 0.00496. The van der Waals surface area contributed by atoms with E-state index in [0.717, 1.165) is 37.6 Å². The van der Waals surface area contributed by atoms with Gasteiger partial charge in [0.05, 0.1) is 26.2 Å². The van der Waals surface area contributed by atoms with E-state index < -0.39 is 0 Å². The van der Waals surface area contributed by atoms with Crippen LogP contribution in [0.5, 0.6) is 0 Å². The van der Waals surface area contributed by atoms with Crippen molar-refractivity contribution >= 4 is 34.8 Å². The van der Waals surface area contributed by atoms with Gasteiger partial charge in [-0.3, -0.25) is 9.59 Å². The van der Waals surface area contributed by atoms with E-state index in [-0.39, 0.29) is 24.8 Å². The van der Waals surface area contributed by atoms with E-state index in [4.69, 9.17) is 16.3 Å². The molecule has 2 amide bonds. The summed E-state index contributed by atoms with van der Waals surface area (Å²) < 4.78 is 5.37. The number of carbonyl (C=O) groups is 2. The lowest BCUT2D eigenvalue weighted by atomic mass is 10.1. The Morgan fingerprint density at radius 1 is 1.10 bits per heavy atom. The van der Waals surface area contributed by atoms with Crippen molar-refractivity contribution in [3.8, 4) is 0 Å². The van der Waals surface area contributed by atoms with Gasteiger partial charge in [-0.15, -0.1) is 0 Å². The molecule has 6 nitrogen and oxygen atoms in total. The van der Waals surface area contributed by atoms with Crippen LogP contribution in [0.3, 0.4) is 0 Å². The molecule has 1 fully saturated rings. The van der Waals surface area contributed by atoms with E-state index in [1.54, 1.807) is 6.07 Å². The van der Waals surface area contributed by atoms with Gasteiger partial charge in [-0.25, -0.2) is 0 Å². The third-order valence-corrected chi connectivity index (χ3v) is 5.26. The first-order valence-electron chi connectivity index (χ1n) is 9.80. The number of benzene rings is 2. The highest BCUT2D eigenvalue weighted by molar-refractivity contribution is 6.31. The molecule has 0 bridgehead atoms. The van der Waals surface area contributed by atoms with Crippen LogP contribution in [0.2, 0.25) is 5.02 Å². The Hall–Kier alpha value is -2.57. The number of hydrogen-bond acceptors (Lipinski definition) is 4. The standard InChI is InChI=1S/C22H26ClN3O3/c1-2-25(22(28)15-17-5-3-4-6-20(17)23)16-21(27)24-18-7-9-19(10-8-18)26-11-13-29-14-12-26/h3-10H,2,11-16H2,1H3,(H,24,27). The predicted molar refractivity (Wildman–Crippen MR) is 116 cm³/mol. The molecule has 0 spiro atoms. The minimum Gasteiger partial charge on any atom is -0.378 e. The average molecular weight is 416 g/mol. The van der Waals surface area contributed by atoms with Crippen LogP contribution >= 0.6 is 11.6 Å². The second-order valence-electron chi connectivity index (χ2n) is 6.87. The predicted octanol–water partition coefficient (Wildman–Crippen LogP) is 3.21. The zero-order chi connectivity index (χ0) is 20.6. The summed E-state index contributed by atoms with van der Waals surface area (Å²) in [7, 11) is 0. The molecular weight excluding hydrogens is 390 g/mol. The zero-order valence-electron chi connectivity index (χ0n) is 16.6. The molecular formula is C22H26ClN3O3. The number of likely N-dealkylation sites (N-methyl/N-ethyl adjacent to an activating group) is 1. The Kier molecular flexibility index (Phi) is 7.49. The van der Waals surface area contributed by atoms with Crippen molar-refractivity contribution in [3.63, 3.8) is 0 Å². The van der Waals surface area contributed by atoms with Gasteiger partial charge in [-0.2, -0.15) is 0 Å². The Labute approximate surface area is 176 Å². The van der Waals surface area contributed by atoms with Crippen LogP contribution in [0, 0.1) is 0 Å². The van der Waals surface area contributed by atoms with Crippen molar-refractivity contribution in [1.82, 2.24) is 4.90 Å².